The minimum atomic E-state index is -7.22. The summed E-state index contributed by atoms with van der Waals surface area (Å²) in [5.41, 5.74) is 0. The highest BCUT2D eigenvalue weighted by Crippen LogP contribution is 2.50. The summed E-state index contributed by atoms with van der Waals surface area (Å²) >= 11 is 0. The Morgan fingerprint density at radius 1 is 0.773 bits per heavy atom. The van der Waals surface area contributed by atoms with Crippen LogP contribution in [0.2, 0.25) is 0 Å². The fraction of sp³-hybridized carbons (Fsp3) is 0.857. The van der Waals surface area contributed by atoms with Gasteiger partial charge in [-0.1, -0.05) is 0 Å². The SMILES string of the molecule is O=CC(F)(F)C(F)OC(F)(F)C(F)(F)C(F)(F)OC(F)(F)F. The van der Waals surface area contributed by atoms with Crippen molar-refractivity contribution in [2.75, 3.05) is 0 Å². The zero-order valence-electron chi connectivity index (χ0n) is 9.42. The van der Waals surface area contributed by atoms with Crippen molar-refractivity contribution in [2.24, 2.45) is 0 Å². The molecule has 15 heteroatoms. The third kappa shape index (κ3) is 4.37. The van der Waals surface area contributed by atoms with E-state index < -0.39 is 43.1 Å². The molecule has 0 aromatic heterocycles. The lowest BCUT2D eigenvalue weighted by molar-refractivity contribution is -0.514. The monoisotopic (exact) mass is 362 g/mol. The summed E-state index contributed by atoms with van der Waals surface area (Å²) in [6, 6.07) is 0. The minimum absolute atomic E-state index is 1.45. The van der Waals surface area contributed by atoms with Crippen LogP contribution in [0.3, 0.4) is 0 Å². The zero-order chi connectivity index (χ0) is 18.2. The lowest BCUT2D eigenvalue weighted by Gasteiger charge is -2.32. The second kappa shape index (κ2) is 5.75. The molecular formula is C7H2F12O3. The molecule has 0 aliphatic carbocycles. The standard InChI is InChI=1S/C7H2F12O3/c8-2(3(9,10)1-20)21-5(13,14)4(11,12)6(15,16)22-7(17,18)19/h1-2H. The number of carbonyl (C=O) groups excluding carboxylic acids is 1. The molecule has 0 N–H and O–H groups in total. The quantitative estimate of drug-likeness (QED) is 0.514. The summed E-state index contributed by atoms with van der Waals surface area (Å²) in [6.45, 7) is 0. The first-order valence-electron chi connectivity index (χ1n) is 4.46. The lowest BCUT2D eigenvalue weighted by atomic mass is 10.3. The van der Waals surface area contributed by atoms with Crippen molar-refractivity contribution in [3.05, 3.63) is 0 Å². The Kier molecular flexibility index (Phi) is 5.42. The molecule has 0 aromatic rings. The van der Waals surface area contributed by atoms with Gasteiger partial charge in [0.1, 0.15) is 0 Å². The van der Waals surface area contributed by atoms with Gasteiger partial charge in [-0.05, 0) is 0 Å². The summed E-state index contributed by atoms with van der Waals surface area (Å²) in [5.74, 6) is -12.7. The maximum absolute atomic E-state index is 12.6. The van der Waals surface area contributed by atoms with Crippen LogP contribution in [0.1, 0.15) is 0 Å². The predicted octanol–water partition coefficient (Wildman–Crippen LogP) is 3.49. The maximum Gasteiger partial charge on any atom is 0.527 e. The second-order valence-corrected chi connectivity index (χ2v) is 3.38. The highest BCUT2D eigenvalue weighted by atomic mass is 19.4. The van der Waals surface area contributed by atoms with Gasteiger partial charge in [0.05, 0.1) is 0 Å². The Hall–Kier alpha value is -1.25. The summed E-state index contributed by atoms with van der Waals surface area (Å²) < 4.78 is 150. The largest absolute Gasteiger partial charge is 0.527 e. The van der Waals surface area contributed by atoms with Crippen molar-refractivity contribution in [3.63, 3.8) is 0 Å². The number of hydrogen-bond acceptors (Lipinski definition) is 3. The molecule has 0 rings (SSSR count). The van der Waals surface area contributed by atoms with Crippen LogP contribution in [-0.4, -0.2) is 43.1 Å². The highest BCUT2D eigenvalue weighted by molar-refractivity contribution is 5.60. The van der Waals surface area contributed by atoms with Crippen LogP contribution >= 0.6 is 0 Å². The molecule has 0 heterocycles. The minimum Gasteiger partial charge on any atom is -0.296 e. The van der Waals surface area contributed by atoms with Crippen LogP contribution in [0.4, 0.5) is 52.7 Å². The van der Waals surface area contributed by atoms with Gasteiger partial charge in [0, 0.05) is 0 Å². The van der Waals surface area contributed by atoms with E-state index in [9.17, 15) is 57.5 Å². The molecule has 0 bridgehead atoms. The van der Waals surface area contributed by atoms with Gasteiger partial charge in [-0.25, -0.2) is 9.13 Å². The fourth-order valence-electron chi connectivity index (χ4n) is 0.715. The topological polar surface area (TPSA) is 35.5 Å². The number of halogens is 12. The van der Waals surface area contributed by atoms with Crippen LogP contribution in [0.5, 0.6) is 0 Å². The first-order valence-corrected chi connectivity index (χ1v) is 4.46. The molecule has 0 fully saturated rings. The lowest BCUT2D eigenvalue weighted by Crippen LogP contribution is -2.59. The van der Waals surface area contributed by atoms with E-state index in [-0.39, 0.29) is 0 Å². The van der Waals surface area contributed by atoms with Crippen molar-refractivity contribution < 1.29 is 67.0 Å². The Morgan fingerprint density at radius 2 is 1.18 bits per heavy atom. The third-order valence-electron chi connectivity index (χ3n) is 1.69. The van der Waals surface area contributed by atoms with Crippen molar-refractivity contribution in [2.45, 2.75) is 36.8 Å². The molecule has 22 heavy (non-hydrogen) atoms. The molecule has 0 aromatic carbocycles. The molecule has 0 aliphatic rings. The molecule has 0 spiro atoms. The Morgan fingerprint density at radius 3 is 1.50 bits per heavy atom. The van der Waals surface area contributed by atoms with Gasteiger partial charge in [0.2, 0.25) is 0 Å². The summed E-state index contributed by atoms with van der Waals surface area (Å²) in [6.07, 6.45) is -27.0. The van der Waals surface area contributed by atoms with E-state index in [0.717, 1.165) is 0 Å². The van der Waals surface area contributed by atoms with Gasteiger partial charge in [-0.15, -0.1) is 13.2 Å². The Labute approximate surface area is 111 Å². The number of aldehydes is 1. The van der Waals surface area contributed by atoms with E-state index in [4.69, 9.17) is 0 Å². The van der Waals surface area contributed by atoms with Gasteiger partial charge < -0.3 is 0 Å². The third-order valence-corrected chi connectivity index (χ3v) is 1.69. The molecule has 132 valence electrons. The molecule has 1 atom stereocenters. The van der Waals surface area contributed by atoms with Gasteiger partial charge in [0.15, 0.2) is 6.29 Å². The molecule has 3 nitrogen and oxygen atoms in total. The number of alkyl halides is 12. The average Bonchev–Trinajstić information content (AvgIpc) is 2.24. The number of rotatable bonds is 7. The smallest absolute Gasteiger partial charge is 0.296 e. The van der Waals surface area contributed by atoms with Crippen LogP contribution in [0.15, 0.2) is 0 Å². The fourth-order valence-corrected chi connectivity index (χ4v) is 0.715. The van der Waals surface area contributed by atoms with Crippen LogP contribution in [0, 0.1) is 0 Å². The number of ether oxygens (including phenoxy) is 2. The van der Waals surface area contributed by atoms with E-state index in [2.05, 4.69) is 0 Å². The van der Waals surface area contributed by atoms with Gasteiger partial charge >= 0.3 is 30.4 Å². The highest BCUT2D eigenvalue weighted by Gasteiger charge is 2.77. The van der Waals surface area contributed by atoms with Crippen LogP contribution in [-0.2, 0) is 14.3 Å². The molecule has 0 radical (unpaired) electrons. The van der Waals surface area contributed by atoms with Crippen LogP contribution in [0.25, 0.3) is 0 Å². The van der Waals surface area contributed by atoms with Gasteiger partial charge in [-0.2, -0.15) is 35.1 Å². The Bertz CT molecular complexity index is 402. The van der Waals surface area contributed by atoms with Crippen LogP contribution < -0.4 is 0 Å². The molecule has 0 amide bonds. The van der Waals surface area contributed by atoms with Crippen molar-refractivity contribution >= 4 is 6.29 Å². The Balaban J connectivity index is 5.44. The summed E-state index contributed by atoms with van der Waals surface area (Å²) in [7, 11) is 0. The van der Waals surface area contributed by atoms with E-state index in [1.54, 1.807) is 0 Å². The van der Waals surface area contributed by atoms with E-state index in [1.807, 2.05) is 4.74 Å². The normalized spacial score (nSPS) is 16.5. The van der Waals surface area contributed by atoms with E-state index in [1.165, 1.54) is 4.74 Å². The molecule has 0 aliphatic heterocycles. The summed E-state index contributed by atoms with van der Waals surface area (Å²) in [5, 5.41) is 0. The van der Waals surface area contributed by atoms with Gasteiger partial charge in [-0.3, -0.25) is 9.53 Å². The zero-order valence-corrected chi connectivity index (χ0v) is 9.42. The van der Waals surface area contributed by atoms with Crippen molar-refractivity contribution in [1.82, 2.24) is 0 Å². The van der Waals surface area contributed by atoms with Crippen molar-refractivity contribution in [3.8, 4) is 0 Å². The number of hydrogen-bond donors (Lipinski definition) is 0. The number of carbonyl (C=O) groups is 1. The van der Waals surface area contributed by atoms with Crippen molar-refractivity contribution in [1.29, 1.82) is 0 Å². The first-order chi connectivity index (χ1) is 9.40. The predicted molar refractivity (Wildman–Crippen MR) is 39.0 cm³/mol. The molecule has 0 saturated carbocycles. The second-order valence-electron chi connectivity index (χ2n) is 3.38. The first kappa shape index (κ1) is 20.8. The maximum atomic E-state index is 12.6. The van der Waals surface area contributed by atoms with Gasteiger partial charge in [0.25, 0.3) is 6.36 Å². The average molecular weight is 362 g/mol. The molecular weight excluding hydrogens is 360 g/mol. The molecule has 1 unspecified atom stereocenters. The molecule has 0 saturated heterocycles. The van der Waals surface area contributed by atoms with E-state index in [0.29, 0.717) is 0 Å². The van der Waals surface area contributed by atoms with E-state index >= 15 is 0 Å². The summed E-state index contributed by atoms with van der Waals surface area (Å²) in [4.78, 5) is 9.56.